The molecule has 0 aliphatic heterocycles. The number of hydrogen-bond donors (Lipinski definition) is 1. The van der Waals surface area contributed by atoms with Crippen LogP contribution in [0.4, 0.5) is 18.9 Å². The Morgan fingerprint density at radius 2 is 2.00 bits per heavy atom. The maximum atomic E-state index is 12.5. The number of alkyl halides is 3. The molecule has 0 unspecified atom stereocenters. The minimum absolute atomic E-state index is 0.123. The van der Waals surface area contributed by atoms with Gasteiger partial charge in [0, 0.05) is 16.2 Å². The van der Waals surface area contributed by atoms with Crippen LogP contribution in [0.5, 0.6) is 0 Å². The molecule has 0 aliphatic carbocycles. The number of rotatable bonds is 3. The molecule has 1 amide bonds. The molecule has 0 bridgehead atoms. The number of benzene rings is 1. The Labute approximate surface area is 117 Å². The van der Waals surface area contributed by atoms with Crippen LogP contribution in [0.3, 0.4) is 0 Å². The van der Waals surface area contributed by atoms with Gasteiger partial charge in [0.15, 0.2) is 0 Å². The normalized spacial score (nSPS) is 11.7. The van der Waals surface area contributed by atoms with Gasteiger partial charge in [-0.25, -0.2) is 0 Å². The molecule has 0 spiro atoms. The lowest BCUT2D eigenvalue weighted by atomic mass is 10.1. The molecule has 1 rings (SSSR count). The average Bonchev–Trinajstić information content (AvgIpc) is 2.27. The molecule has 0 aromatic heterocycles. The average molecular weight is 339 g/mol. The Kier molecular flexibility index (Phi) is 4.84. The molecule has 0 radical (unpaired) electrons. The van der Waals surface area contributed by atoms with Gasteiger partial charge in [-0.1, -0.05) is 0 Å². The Bertz CT molecular complexity index is 475. The van der Waals surface area contributed by atoms with Crippen LogP contribution in [0.2, 0.25) is 0 Å². The number of nitrogen functional groups attached to an aromatic ring is 1. The second-order valence-electron chi connectivity index (χ2n) is 4.38. The van der Waals surface area contributed by atoms with Gasteiger partial charge >= 0.3 is 6.18 Å². The Balaban J connectivity index is 3.09. The molecule has 0 aliphatic rings. The highest BCUT2D eigenvalue weighted by Crippen LogP contribution is 2.24. The molecule has 2 N–H and O–H groups in total. The fraction of sp³-hybridized carbons (Fsp3) is 0.417. The summed E-state index contributed by atoms with van der Waals surface area (Å²) in [6, 6.07) is 3.89. The number of nitrogens with two attached hydrogens (primary N) is 1. The van der Waals surface area contributed by atoms with E-state index in [-0.39, 0.29) is 5.56 Å². The quantitative estimate of drug-likeness (QED) is 0.858. The van der Waals surface area contributed by atoms with Crippen LogP contribution in [0.1, 0.15) is 24.2 Å². The summed E-state index contributed by atoms with van der Waals surface area (Å²) in [7, 11) is 0. The fourth-order valence-corrected chi connectivity index (χ4v) is 1.96. The van der Waals surface area contributed by atoms with E-state index in [9.17, 15) is 18.0 Å². The number of hydrogen-bond acceptors (Lipinski definition) is 2. The summed E-state index contributed by atoms with van der Waals surface area (Å²) in [6.07, 6.45) is -4.44. The van der Waals surface area contributed by atoms with E-state index < -0.39 is 24.7 Å². The zero-order valence-corrected chi connectivity index (χ0v) is 12.0. The van der Waals surface area contributed by atoms with Crippen molar-refractivity contribution in [2.24, 2.45) is 0 Å². The van der Waals surface area contributed by atoms with Crippen molar-refractivity contribution in [3.63, 3.8) is 0 Å². The highest BCUT2D eigenvalue weighted by atomic mass is 79.9. The van der Waals surface area contributed by atoms with E-state index in [4.69, 9.17) is 5.73 Å². The minimum Gasteiger partial charge on any atom is -0.399 e. The number of anilines is 1. The van der Waals surface area contributed by atoms with Crippen LogP contribution >= 0.6 is 15.9 Å². The van der Waals surface area contributed by atoms with Crippen LogP contribution in [0.25, 0.3) is 0 Å². The van der Waals surface area contributed by atoms with Crippen molar-refractivity contribution < 1.29 is 18.0 Å². The fourth-order valence-electron chi connectivity index (χ4n) is 1.54. The highest BCUT2D eigenvalue weighted by Gasteiger charge is 2.35. The number of halogens is 4. The van der Waals surface area contributed by atoms with Gasteiger partial charge in [0.1, 0.15) is 6.54 Å². The zero-order chi connectivity index (χ0) is 14.8. The first-order valence-electron chi connectivity index (χ1n) is 5.54. The van der Waals surface area contributed by atoms with E-state index in [0.29, 0.717) is 10.2 Å². The molecule has 1 aromatic carbocycles. The maximum Gasteiger partial charge on any atom is 0.406 e. The molecule has 0 heterocycles. The van der Waals surface area contributed by atoms with Crippen LogP contribution < -0.4 is 5.73 Å². The molecule has 19 heavy (non-hydrogen) atoms. The lowest BCUT2D eigenvalue weighted by Gasteiger charge is -2.28. The standard InChI is InChI=1S/C12H14BrF3N2O/c1-7(2)18(6-12(14,15)16)11(19)9-5-8(17)3-4-10(9)13/h3-5,7H,6,17H2,1-2H3. The van der Waals surface area contributed by atoms with Gasteiger partial charge in [0.25, 0.3) is 5.91 Å². The highest BCUT2D eigenvalue weighted by molar-refractivity contribution is 9.10. The van der Waals surface area contributed by atoms with Gasteiger partial charge in [-0.05, 0) is 48.0 Å². The molecule has 106 valence electrons. The summed E-state index contributed by atoms with van der Waals surface area (Å²) >= 11 is 3.14. The van der Waals surface area contributed by atoms with Crippen molar-refractivity contribution in [1.29, 1.82) is 0 Å². The van der Waals surface area contributed by atoms with E-state index in [1.165, 1.54) is 26.0 Å². The van der Waals surface area contributed by atoms with Crippen LogP contribution in [-0.4, -0.2) is 29.6 Å². The summed E-state index contributed by atoms with van der Waals surface area (Å²) in [5.74, 6) is -0.702. The van der Waals surface area contributed by atoms with Gasteiger partial charge in [0.2, 0.25) is 0 Å². The molecule has 3 nitrogen and oxygen atoms in total. The van der Waals surface area contributed by atoms with Crippen LogP contribution in [-0.2, 0) is 0 Å². The van der Waals surface area contributed by atoms with Crippen molar-refractivity contribution in [2.45, 2.75) is 26.1 Å². The molecule has 7 heteroatoms. The second kappa shape index (κ2) is 5.81. The van der Waals surface area contributed by atoms with E-state index >= 15 is 0 Å². The second-order valence-corrected chi connectivity index (χ2v) is 5.24. The van der Waals surface area contributed by atoms with Gasteiger partial charge < -0.3 is 10.6 Å². The van der Waals surface area contributed by atoms with Crippen molar-refractivity contribution >= 4 is 27.5 Å². The van der Waals surface area contributed by atoms with Gasteiger partial charge in [-0.3, -0.25) is 4.79 Å². The molecule has 0 saturated carbocycles. The number of carbonyl (C=O) groups is 1. The molecule has 0 atom stereocenters. The van der Waals surface area contributed by atoms with Gasteiger partial charge in [-0.15, -0.1) is 0 Å². The van der Waals surface area contributed by atoms with E-state index in [0.717, 1.165) is 4.90 Å². The largest absolute Gasteiger partial charge is 0.406 e. The molecular weight excluding hydrogens is 325 g/mol. The number of carbonyl (C=O) groups excluding carboxylic acids is 1. The van der Waals surface area contributed by atoms with Crippen LogP contribution in [0, 0.1) is 0 Å². The zero-order valence-electron chi connectivity index (χ0n) is 10.5. The Morgan fingerprint density at radius 3 is 2.47 bits per heavy atom. The summed E-state index contributed by atoms with van der Waals surface area (Å²) in [4.78, 5) is 12.9. The topological polar surface area (TPSA) is 46.3 Å². The van der Waals surface area contributed by atoms with E-state index in [2.05, 4.69) is 15.9 Å². The summed E-state index contributed by atoms with van der Waals surface area (Å²) < 4.78 is 37.9. The Hall–Kier alpha value is -1.24. The first-order chi connectivity index (χ1) is 8.61. The summed E-state index contributed by atoms with van der Waals surface area (Å²) in [5.41, 5.74) is 6.00. The number of nitrogens with zero attached hydrogens (tertiary/aromatic N) is 1. The van der Waals surface area contributed by atoms with E-state index in [1.807, 2.05) is 0 Å². The minimum atomic E-state index is -4.44. The monoisotopic (exact) mass is 338 g/mol. The number of amides is 1. The van der Waals surface area contributed by atoms with Gasteiger partial charge in [0.05, 0.1) is 5.56 Å². The van der Waals surface area contributed by atoms with Crippen molar-refractivity contribution in [1.82, 2.24) is 4.90 Å². The molecule has 0 saturated heterocycles. The Morgan fingerprint density at radius 1 is 1.42 bits per heavy atom. The molecule has 0 fully saturated rings. The summed E-state index contributed by atoms with van der Waals surface area (Å²) in [5, 5.41) is 0. The third-order valence-corrected chi connectivity index (χ3v) is 3.15. The smallest absolute Gasteiger partial charge is 0.399 e. The van der Waals surface area contributed by atoms with Crippen molar-refractivity contribution in [3.05, 3.63) is 28.2 Å². The van der Waals surface area contributed by atoms with Crippen molar-refractivity contribution in [3.8, 4) is 0 Å². The lowest BCUT2D eigenvalue weighted by molar-refractivity contribution is -0.143. The molecular formula is C12H14BrF3N2O. The van der Waals surface area contributed by atoms with E-state index in [1.54, 1.807) is 6.07 Å². The summed E-state index contributed by atoms with van der Waals surface area (Å²) in [6.45, 7) is 1.78. The maximum absolute atomic E-state index is 12.5. The van der Waals surface area contributed by atoms with Crippen molar-refractivity contribution in [2.75, 3.05) is 12.3 Å². The molecule has 1 aromatic rings. The third kappa shape index (κ3) is 4.41. The predicted octanol–water partition coefficient (Wildman–Crippen LogP) is 3.44. The first-order valence-corrected chi connectivity index (χ1v) is 6.34. The lowest BCUT2D eigenvalue weighted by Crippen LogP contribution is -2.43. The predicted molar refractivity (Wildman–Crippen MR) is 70.8 cm³/mol. The SMILES string of the molecule is CC(C)N(CC(F)(F)F)C(=O)c1cc(N)ccc1Br. The van der Waals surface area contributed by atoms with Crippen LogP contribution in [0.15, 0.2) is 22.7 Å². The first kappa shape index (κ1) is 15.8. The van der Waals surface area contributed by atoms with Gasteiger partial charge in [-0.2, -0.15) is 13.2 Å². The third-order valence-electron chi connectivity index (χ3n) is 2.45.